The number of nitrogens with zero attached hydrogens (tertiary/aromatic N) is 2. The molecule has 0 aliphatic carbocycles. The molecule has 0 fully saturated rings. The van der Waals surface area contributed by atoms with Crippen LogP contribution in [-0.2, 0) is 26.2 Å². The van der Waals surface area contributed by atoms with Crippen molar-refractivity contribution in [3.8, 4) is 0 Å². The molecule has 0 spiro atoms. The second kappa shape index (κ2) is 13.5. The lowest BCUT2D eigenvalue weighted by Gasteiger charge is -2.32. The number of carbonyl (C=O) groups is 2. The van der Waals surface area contributed by atoms with Gasteiger partial charge in [0.25, 0.3) is 0 Å². The predicted octanol–water partition coefficient (Wildman–Crippen LogP) is 5.49. The van der Waals surface area contributed by atoms with Crippen molar-refractivity contribution in [2.45, 2.75) is 72.5 Å². The fourth-order valence-electron chi connectivity index (χ4n) is 4.10. The second-order valence-electron chi connectivity index (χ2n) is 9.57. The minimum atomic E-state index is -3.57. The number of aryl methyl sites for hydroxylation is 2. The van der Waals surface area contributed by atoms with Gasteiger partial charge >= 0.3 is 0 Å². The van der Waals surface area contributed by atoms with Crippen molar-refractivity contribution in [3.63, 3.8) is 0 Å². The smallest absolute Gasteiger partial charge is 0.243 e. The summed E-state index contributed by atoms with van der Waals surface area (Å²) in [5, 5.41) is 3.77. The van der Waals surface area contributed by atoms with E-state index >= 15 is 0 Å². The Hall–Kier alpha value is -2.29. The zero-order valence-electron chi connectivity index (χ0n) is 22.3. The zero-order valence-corrected chi connectivity index (χ0v) is 24.7. The third-order valence-electron chi connectivity index (χ3n) is 5.96. The van der Waals surface area contributed by atoms with Gasteiger partial charge in [0, 0.05) is 35.6 Å². The third kappa shape index (κ3) is 8.90. The molecule has 0 aromatic heterocycles. The highest BCUT2D eigenvalue weighted by Crippen LogP contribution is 2.26. The monoisotopic (exact) mass is 569 g/mol. The Morgan fingerprint density at radius 1 is 1.05 bits per heavy atom. The average molecular weight is 571 g/mol. The largest absolute Gasteiger partial charge is 0.352 e. The number of anilines is 1. The van der Waals surface area contributed by atoms with E-state index in [2.05, 4.69) is 5.32 Å². The topological polar surface area (TPSA) is 86.8 Å². The molecule has 2 amide bonds. The van der Waals surface area contributed by atoms with Gasteiger partial charge in [-0.1, -0.05) is 48.3 Å². The first-order valence-electron chi connectivity index (χ1n) is 12.3. The standard InChI is InChI=1S/C27H37Cl2N3O4S/c1-7-24(27(34)30-18(2)3)31(17-21-12-13-22(28)16-23(21)29)26(33)9-8-14-32(37(6,35)36)25-15-19(4)10-11-20(25)5/h10-13,15-16,18,24H,7-9,14,17H2,1-6H3,(H,30,34). The van der Waals surface area contributed by atoms with Gasteiger partial charge in [-0.15, -0.1) is 0 Å². The molecule has 10 heteroatoms. The molecule has 2 rings (SSSR count). The van der Waals surface area contributed by atoms with Gasteiger partial charge in [0.2, 0.25) is 21.8 Å². The van der Waals surface area contributed by atoms with Crippen LogP contribution in [0.4, 0.5) is 5.69 Å². The molecular weight excluding hydrogens is 533 g/mol. The lowest BCUT2D eigenvalue weighted by Crippen LogP contribution is -2.50. The molecule has 2 aromatic rings. The maximum Gasteiger partial charge on any atom is 0.243 e. The van der Waals surface area contributed by atoms with Crippen LogP contribution in [0.2, 0.25) is 10.0 Å². The first kappa shape index (κ1) is 30.9. The van der Waals surface area contributed by atoms with Crippen LogP contribution in [0.15, 0.2) is 36.4 Å². The number of benzene rings is 2. The minimum Gasteiger partial charge on any atom is -0.352 e. The Labute approximate surface area is 231 Å². The number of hydrogen-bond acceptors (Lipinski definition) is 4. The summed E-state index contributed by atoms with van der Waals surface area (Å²) in [4.78, 5) is 28.0. The number of sulfonamides is 1. The maximum atomic E-state index is 13.5. The van der Waals surface area contributed by atoms with Gasteiger partial charge in [0.15, 0.2) is 0 Å². The normalized spacial score (nSPS) is 12.4. The molecular formula is C27H37Cl2N3O4S. The first-order valence-corrected chi connectivity index (χ1v) is 14.9. The molecule has 0 radical (unpaired) electrons. The second-order valence-corrected chi connectivity index (χ2v) is 12.3. The lowest BCUT2D eigenvalue weighted by molar-refractivity contribution is -0.141. The maximum absolute atomic E-state index is 13.5. The number of nitrogens with one attached hydrogen (secondary N) is 1. The van der Waals surface area contributed by atoms with Gasteiger partial charge in [-0.05, 0) is 75.4 Å². The molecule has 0 aliphatic heterocycles. The summed E-state index contributed by atoms with van der Waals surface area (Å²) in [5.41, 5.74) is 3.04. The molecule has 0 saturated heterocycles. The molecule has 1 unspecified atom stereocenters. The summed E-state index contributed by atoms with van der Waals surface area (Å²) in [6.45, 7) is 9.60. The summed E-state index contributed by atoms with van der Waals surface area (Å²) in [6.07, 6.45) is 1.92. The van der Waals surface area contributed by atoms with Crippen molar-refractivity contribution in [1.29, 1.82) is 0 Å². The Morgan fingerprint density at radius 2 is 1.73 bits per heavy atom. The van der Waals surface area contributed by atoms with Gasteiger partial charge in [-0.25, -0.2) is 8.42 Å². The van der Waals surface area contributed by atoms with E-state index in [1.54, 1.807) is 18.2 Å². The third-order valence-corrected chi connectivity index (χ3v) is 7.73. The molecule has 1 N–H and O–H groups in total. The number of hydrogen-bond donors (Lipinski definition) is 1. The van der Waals surface area contributed by atoms with Crippen LogP contribution in [0.25, 0.3) is 0 Å². The van der Waals surface area contributed by atoms with Crippen LogP contribution in [-0.4, -0.2) is 50.0 Å². The zero-order chi connectivity index (χ0) is 27.9. The van der Waals surface area contributed by atoms with E-state index in [0.29, 0.717) is 27.7 Å². The quantitative estimate of drug-likeness (QED) is 0.366. The van der Waals surface area contributed by atoms with Crippen molar-refractivity contribution < 1.29 is 18.0 Å². The SMILES string of the molecule is CCC(C(=O)NC(C)C)N(Cc1ccc(Cl)cc1Cl)C(=O)CCCN(c1cc(C)ccc1C)S(C)(=O)=O. The van der Waals surface area contributed by atoms with Crippen molar-refractivity contribution in [1.82, 2.24) is 10.2 Å². The van der Waals surface area contributed by atoms with Crippen LogP contribution >= 0.6 is 23.2 Å². The van der Waals surface area contributed by atoms with Crippen molar-refractivity contribution in [3.05, 3.63) is 63.1 Å². The highest BCUT2D eigenvalue weighted by atomic mass is 35.5. The van der Waals surface area contributed by atoms with E-state index in [1.807, 2.05) is 52.8 Å². The van der Waals surface area contributed by atoms with E-state index in [1.165, 1.54) is 9.21 Å². The lowest BCUT2D eigenvalue weighted by atomic mass is 10.1. The van der Waals surface area contributed by atoms with Crippen LogP contribution in [0.1, 0.15) is 56.7 Å². The molecule has 0 aliphatic rings. The van der Waals surface area contributed by atoms with Gasteiger partial charge < -0.3 is 10.2 Å². The van der Waals surface area contributed by atoms with Crippen LogP contribution < -0.4 is 9.62 Å². The average Bonchev–Trinajstić information content (AvgIpc) is 2.78. The summed E-state index contributed by atoms with van der Waals surface area (Å²) in [7, 11) is -3.57. The van der Waals surface area contributed by atoms with Crippen molar-refractivity contribution in [2.24, 2.45) is 0 Å². The Balaban J connectivity index is 2.29. The van der Waals surface area contributed by atoms with Crippen LogP contribution in [0, 0.1) is 13.8 Å². The van der Waals surface area contributed by atoms with E-state index in [4.69, 9.17) is 23.2 Å². The Morgan fingerprint density at radius 3 is 2.30 bits per heavy atom. The van der Waals surface area contributed by atoms with Crippen molar-refractivity contribution in [2.75, 3.05) is 17.1 Å². The van der Waals surface area contributed by atoms with Crippen LogP contribution in [0.3, 0.4) is 0 Å². The summed E-state index contributed by atoms with van der Waals surface area (Å²) in [5.74, 6) is -0.504. The molecule has 1 atom stereocenters. The van der Waals surface area contributed by atoms with E-state index in [-0.39, 0.29) is 43.8 Å². The van der Waals surface area contributed by atoms with Crippen molar-refractivity contribution >= 4 is 50.7 Å². The van der Waals surface area contributed by atoms with Gasteiger partial charge in [0.1, 0.15) is 6.04 Å². The fraction of sp³-hybridized carbons (Fsp3) is 0.481. The number of rotatable bonds is 12. The van der Waals surface area contributed by atoms with Crippen LogP contribution in [0.5, 0.6) is 0 Å². The Kier molecular flexibility index (Phi) is 11.3. The van der Waals surface area contributed by atoms with E-state index < -0.39 is 16.1 Å². The summed E-state index contributed by atoms with van der Waals surface area (Å²) >= 11 is 12.4. The van der Waals surface area contributed by atoms with Gasteiger partial charge in [0.05, 0.1) is 11.9 Å². The van der Waals surface area contributed by atoms with Gasteiger partial charge in [-0.3, -0.25) is 13.9 Å². The summed E-state index contributed by atoms with van der Waals surface area (Å²) in [6, 6.07) is 9.88. The number of amides is 2. The predicted molar refractivity (Wildman–Crippen MR) is 152 cm³/mol. The highest BCUT2D eigenvalue weighted by molar-refractivity contribution is 7.92. The highest BCUT2D eigenvalue weighted by Gasteiger charge is 2.29. The molecule has 7 nitrogen and oxygen atoms in total. The molecule has 0 heterocycles. The molecule has 37 heavy (non-hydrogen) atoms. The fourth-order valence-corrected chi connectivity index (χ4v) is 5.59. The van der Waals surface area contributed by atoms with Gasteiger partial charge in [-0.2, -0.15) is 0 Å². The van der Waals surface area contributed by atoms with E-state index in [0.717, 1.165) is 17.4 Å². The molecule has 204 valence electrons. The Bertz CT molecular complexity index is 1220. The first-order chi connectivity index (χ1) is 17.2. The summed E-state index contributed by atoms with van der Waals surface area (Å²) < 4.78 is 26.6. The molecule has 0 bridgehead atoms. The number of carbonyl (C=O) groups excluding carboxylic acids is 2. The van der Waals surface area contributed by atoms with E-state index in [9.17, 15) is 18.0 Å². The number of halogens is 2. The molecule has 2 aromatic carbocycles. The minimum absolute atomic E-state index is 0.0630. The molecule has 0 saturated carbocycles.